The molecular formula is C14H22N4O2. The standard InChI is InChI=1S/C14H22N4O2/c1-3-20-13-5-4-12(10-16-13)15-11-14(19)18-8-6-17(2)7-9-18/h4-5,10,15H,3,6-9,11H2,1-2H3. The molecule has 6 nitrogen and oxygen atoms in total. The summed E-state index contributed by atoms with van der Waals surface area (Å²) in [5, 5.41) is 3.10. The van der Waals surface area contributed by atoms with Crippen molar-refractivity contribution in [2.75, 3.05) is 51.7 Å². The molecule has 0 aliphatic carbocycles. The van der Waals surface area contributed by atoms with Gasteiger partial charge in [0.25, 0.3) is 0 Å². The maximum Gasteiger partial charge on any atom is 0.241 e. The fraction of sp³-hybridized carbons (Fsp3) is 0.571. The molecule has 2 rings (SSSR count). The molecule has 1 aromatic rings. The Balaban J connectivity index is 1.78. The lowest BCUT2D eigenvalue weighted by molar-refractivity contribution is -0.130. The van der Waals surface area contributed by atoms with E-state index in [1.807, 2.05) is 17.9 Å². The van der Waals surface area contributed by atoms with Gasteiger partial charge in [-0.1, -0.05) is 0 Å². The minimum absolute atomic E-state index is 0.131. The van der Waals surface area contributed by atoms with Crippen LogP contribution in [0.25, 0.3) is 0 Å². The maximum atomic E-state index is 12.0. The van der Waals surface area contributed by atoms with Gasteiger partial charge in [0.1, 0.15) is 0 Å². The molecule has 1 aromatic heterocycles. The van der Waals surface area contributed by atoms with E-state index in [9.17, 15) is 4.79 Å². The van der Waals surface area contributed by atoms with Gasteiger partial charge in [-0.25, -0.2) is 4.98 Å². The summed E-state index contributed by atoms with van der Waals surface area (Å²) in [5.41, 5.74) is 0.830. The lowest BCUT2D eigenvalue weighted by Crippen LogP contribution is -2.48. The third-order valence-corrected chi connectivity index (χ3v) is 3.33. The molecule has 2 heterocycles. The van der Waals surface area contributed by atoms with E-state index in [-0.39, 0.29) is 5.91 Å². The van der Waals surface area contributed by atoms with E-state index in [0.29, 0.717) is 19.0 Å². The number of nitrogens with zero attached hydrogens (tertiary/aromatic N) is 3. The number of piperazine rings is 1. The molecule has 1 N–H and O–H groups in total. The van der Waals surface area contributed by atoms with E-state index in [2.05, 4.69) is 22.2 Å². The highest BCUT2D eigenvalue weighted by Crippen LogP contribution is 2.11. The summed E-state index contributed by atoms with van der Waals surface area (Å²) >= 11 is 0. The SMILES string of the molecule is CCOc1ccc(NCC(=O)N2CCN(C)CC2)cn1. The Kier molecular flexibility index (Phi) is 5.17. The molecule has 1 amide bonds. The van der Waals surface area contributed by atoms with Crippen LogP contribution in [0.2, 0.25) is 0 Å². The van der Waals surface area contributed by atoms with Crippen LogP contribution in [0.15, 0.2) is 18.3 Å². The predicted molar refractivity (Wildman–Crippen MR) is 78.0 cm³/mol. The van der Waals surface area contributed by atoms with Gasteiger partial charge in [-0.15, -0.1) is 0 Å². The van der Waals surface area contributed by atoms with Crippen molar-refractivity contribution in [2.45, 2.75) is 6.92 Å². The molecule has 6 heteroatoms. The summed E-state index contributed by atoms with van der Waals surface area (Å²) < 4.78 is 5.27. The maximum absolute atomic E-state index is 12.0. The van der Waals surface area contributed by atoms with Crippen molar-refractivity contribution >= 4 is 11.6 Å². The van der Waals surface area contributed by atoms with Crippen molar-refractivity contribution in [3.05, 3.63) is 18.3 Å². The van der Waals surface area contributed by atoms with E-state index in [4.69, 9.17) is 4.74 Å². The Morgan fingerprint density at radius 2 is 2.10 bits per heavy atom. The number of carbonyl (C=O) groups excluding carboxylic acids is 1. The smallest absolute Gasteiger partial charge is 0.241 e. The van der Waals surface area contributed by atoms with Crippen LogP contribution >= 0.6 is 0 Å². The first-order valence-electron chi connectivity index (χ1n) is 6.98. The molecule has 1 aliphatic heterocycles. The van der Waals surface area contributed by atoms with E-state index < -0.39 is 0 Å². The Morgan fingerprint density at radius 3 is 2.70 bits per heavy atom. The van der Waals surface area contributed by atoms with Crippen LogP contribution in [0.3, 0.4) is 0 Å². The summed E-state index contributed by atoms with van der Waals surface area (Å²) in [4.78, 5) is 20.3. The van der Waals surface area contributed by atoms with Crippen molar-refractivity contribution in [1.29, 1.82) is 0 Å². The number of nitrogens with one attached hydrogen (secondary N) is 1. The molecule has 1 fully saturated rings. The summed E-state index contributed by atoms with van der Waals surface area (Å²) in [6.45, 7) is 6.31. The topological polar surface area (TPSA) is 57.7 Å². The van der Waals surface area contributed by atoms with Gasteiger partial charge in [0.05, 0.1) is 25.0 Å². The first-order valence-corrected chi connectivity index (χ1v) is 6.98. The van der Waals surface area contributed by atoms with Crippen molar-refractivity contribution in [2.24, 2.45) is 0 Å². The number of anilines is 1. The van der Waals surface area contributed by atoms with Crippen molar-refractivity contribution < 1.29 is 9.53 Å². The quantitative estimate of drug-likeness (QED) is 0.858. The number of carbonyl (C=O) groups is 1. The molecule has 1 saturated heterocycles. The number of rotatable bonds is 5. The van der Waals surface area contributed by atoms with Crippen LogP contribution in [-0.2, 0) is 4.79 Å². The highest BCUT2D eigenvalue weighted by Gasteiger charge is 2.18. The second kappa shape index (κ2) is 7.09. The number of hydrogen-bond acceptors (Lipinski definition) is 5. The number of likely N-dealkylation sites (N-methyl/N-ethyl adjacent to an activating group) is 1. The van der Waals surface area contributed by atoms with Crippen LogP contribution in [0, 0.1) is 0 Å². The number of amides is 1. The van der Waals surface area contributed by atoms with Crippen LogP contribution in [0.1, 0.15) is 6.92 Å². The van der Waals surface area contributed by atoms with Crippen LogP contribution in [-0.4, -0.2) is 67.1 Å². The minimum Gasteiger partial charge on any atom is -0.478 e. The highest BCUT2D eigenvalue weighted by molar-refractivity contribution is 5.80. The fourth-order valence-electron chi connectivity index (χ4n) is 2.06. The van der Waals surface area contributed by atoms with Crippen molar-refractivity contribution in [3.8, 4) is 5.88 Å². The lowest BCUT2D eigenvalue weighted by Gasteiger charge is -2.32. The Bertz CT molecular complexity index is 427. The largest absolute Gasteiger partial charge is 0.478 e. The molecule has 1 aliphatic rings. The van der Waals surface area contributed by atoms with Crippen LogP contribution in [0.4, 0.5) is 5.69 Å². The molecule has 0 unspecified atom stereocenters. The number of pyridine rings is 1. The molecule has 20 heavy (non-hydrogen) atoms. The van der Waals surface area contributed by atoms with Gasteiger partial charge >= 0.3 is 0 Å². The average Bonchev–Trinajstić information content (AvgIpc) is 2.47. The van der Waals surface area contributed by atoms with E-state index in [1.54, 1.807) is 12.3 Å². The Morgan fingerprint density at radius 1 is 1.35 bits per heavy atom. The second-order valence-corrected chi connectivity index (χ2v) is 4.86. The van der Waals surface area contributed by atoms with E-state index >= 15 is 0 Å². The molecule has 0 bridgehead atoms. The summed E-state index contributed by atoms with van der Waals surface area (Å²) in [5.74, 6) is 0.732. The van der Waals surface area contributed by atoms with Gasteiger partial charge in [0.15, 0.2) is 0 Å². The fourth-order valence-corrected chi connectivity index (χ4v) is 2.06. The summed E-state index contributed by atoms with van der Waals surface area (Å²) in [6, 6.07) is 3.67. The van der Waals surface area contributed by atoms with E-state index in [1.165, 1.54) is 0 Å². The third-order valence-electron chi connectivity index (χ3n) is 3.33. The minimum atomic E-state index is 0.131. The molecule has 0 saturated carbocycles. The predicted octanol–water partition coefficient (Wildman–Crippen LogP) is 0.666. The molecular weight excluding hydrogens is 256 g/mol. The third kappa shape index (κ3) is 4.09. The molecule has 0 spiro atoms. The van der Waals surface area contributed by atoms with Gasteiger partial charge in [0.2, 0.25) is 11.8 Å². The molecule has 110 valence electrons. The van der Waals surface area contributed by atoms with Crippen LogP contribution < -0.4 is 10.1 Å². The Labute approximate surface area is 119 Å². The average molecular weight is 278 g/mol. The normalized spacial score (nSPS) is 16.0. The van der Waals surface area contributed by atoms with Gasteiger partial charge in [-0.2, -0.15) is 0 Å². The van der Waals surface area contributed by atoms with E-state index in [0.717, 1.165) is 31.9 Å². The highest BCUT2D eigenvalue weighted by atomic mass is 16.5. The zero-order chi connectivity index (χ0) is 14.4. The number of ether oxygens (including phenoxy) is 1. The number of hydrogen-bond donors (Lipinski definition) is 1. The molecule has 0 radical (unpaired) electrons. The lowest BCUT2D eigenvalue weighted by atomic mass is 10.3. The van der Waals surface area contributed by atoms with Crippen molar-refractivity contribution in [3.63, 3.8) is 0 Å². The van der Waals surface area contributed by atoms with Gasteiger partial charge in [0, 0.05) is 32.2 Å². The van der Waals surface area contributed by atoms with Gasteiger partial charge in [-0.3, -0.25) is 4.79 Å². The number of aromatic nitrogens is 1. The second-order valence-electron chi connectivity index (χ2n) is 4.86. The first kappa shape index (κ1) is 14.6. The molecule has 0 atom stereocenters. The van der Waals surface area contributed by atoms with Gasteiger partial charge < -0.3 is 19.9 Å². The zero-order valence-electron chi connectivity index (χ0n) is 12.1. The van der Waals surface area contributed by atoms with Crippen LogP contribution in [0.5, 0.6) is 5.88 Å². The molecule has 0 aromatic carbocycles. The van der Waals surface area contributed by atoms with Gasteiger partial charge in [-0.05, 0) is 20.0 Å². The summed E-state index contributed by atoms with van der Waals surface area (Å²) in [7, 11) is 2.08. The Hall–Kier alpha value is -1.82. The van der Waals surface area contributed by atoms with Crippen molar-refractivity contribution in [1.82, 2.24) is 14.8 Å². The first-order chi connectivity index (χ1) is 9.69. The zero-order valence-corrected chi connectivity index (χ0v) is 12.1. The monoisotopic (exact) mass is 278 g/mol. The summed E-state index contributed by atoms with van der Waals surface area (Å²) in [6.07, 6.45) is 1.68.